The second-order valence-electron chi connectivity index (χ2n) is 4.66. The average Bonchev–Trinajstić information content (AvgIpc) is 2.71. The van der Waals surface area contributed by atoms with Gasteiger partial charge in [-0.15, -0.1) is 0 Å². The highest BCUT2D eigenvalue weighted by Crippen LogP contribution is 2.35. The van der Waals surface area contributed by atoms with Gasteiger partial charge in [-0.25, -0.2) is 0 Å². The van der Waals surface area contributed by atoms with E-state index in [1.807, 2.05) is 36.4 Å². The van der Waals surface area contributed by atoms with Crippen molar-refractivity contribution >= 4 is 28.2 Å². The lowest BCUT2D eigenvalue weighted by atomic mass is 10.1. The number of fused-ring (bicyclic) bond motifs is 1. The topological polar surface area (TPSA) is 49.0 Å². The van der Waals surface area contributed by atoms with Gasteiger partial charge in [-0.3, -0.25) is 4.57 Å². The summed E-state index contributed by atoms with van der Waals surface area (Å²) in [6, 6.07) is 14.9. The molecule has 0 unspecified atom stereocenters. The van der Waals surface area contributed by atoms with Crippen molar-refractivity contribution < 1.29 is 5.11 Å². The van der Waals surface area contributed by atoms with Crippen molar-refractivity contribution in [1.82, 2.24) is 4.57 Å². The first-order valence-electron chi connectivity index (χ1n) is 6.23. The third-order valence-corrected chi connectivity index (χ3v) is 3.53. The van der Waals surface area contributed by atoms with E-state index in [1.165, 1.54) is 0 Å². The maximum Gasteiger partial charge on any atom is 0.206 e. The van der Waals surface area contributed by atoms with Gasteiger partial charge in [0, 0.05) is 21.8 Å². The zero-order valence-corrected chi connectivity index (χ0v) is 11.6. The number of aromatic hydroxyl groups is 1. The zero-order chi connectivity index (χ0) is 14.3. The highest BCUT2D eigenvalue weighted by atomic mass is 35.5. The maximum absolute atomic E-state index is 10.5. The van der Waals surface area contributed by atoms with Crippen LogP contribution in [-0.4, -0.2) is 15.4 Å². The molecule has 0 radical (unpaired) electrons. The van der Waals surface area contributed by atoms with E-state index >= 15 is 0 Å². The number of nitrogens with one attached hydrogen (secondary N) is 1. The first-order chi connectivity index (χ1) is 9.59. The van der Waals surface area contributed by atoms with Gasteiger partial charge in [0.25, 0.3) is 0 Å². The largest absolute Gasteiger partial charge is 0.494 e. The summed E-state index contributed by atoms with van der Waals surface area (Å²) in [5.74, 6) is 0.0703. The van der Waals surface area contributed by atoms with Gasteiger partial charge in [-0.05, 0) is 31.2 Å². The predicted octanol–water partition coefficient (Wildman–Crippen LogP) is 4.38. The van der Waals surface area contributed by atoms with Crippen molar-refractivity contribution in [2.45, 2.75) is 6.92 Å². The summed E-state index contributed by atoms with van der Waals surface area (Å²) in [6.07, 6.45) is 0. The Hall–Kier alpha value is -2.26. The number of hydrogen-bond donors (Lipinski definition) is 2. The Bertz CT molecular complexity index is 806. The second kappa shape index (κ2) is 4.69. The monoisotopic (exact) mass is 284 g/mol. The summed E-state index contributed by atoms with van der Waals surface area (Å²) in [4.78, 5) is 0. The Balaban J connectivity index is 2.45. The SMILES string of the molecule is CC(=N)c1c(O)n(-c2ccccc2)c2cc(Cl)ccc12. The van der Waals surface area contributed by atoms with Gasteiger partial charge >= 0.3 is 0 Å². The van der Waals surface area contributed by atoms with Crippen LogP contribution in [0.5, 0.6) is 5.88 Å². The Labute approximate surface area is 121 Å². The fourth-order valence-corrected chi connectivity index (χ4v) is 2.62. The molecular formula is C16H13ClN2O. The lowest BCUT2D eigenvalue weighted by Gasteiger charge is -2.07. The zero-order valence-electron chi connectivity index (χ0n) is 10.9. The van der Waals surface area contributed by atoms with E-state index in [1.54, 1.807) is 23.6 Å². The van der Waals surface area contributed by atoms with Crippen LogP contribution in [0.1, 0.15) is 12.5 Å². The number of benzene rings is 2. The number of halogens is 1. The number of aromatic nitrogens is 1. The molecule has 0 bridgehead atoms. The smallest absolute Gasteiger partial charge is 0.206 e. The summed E-state index contributed by atoms with van der Waals surface area (Å²) in [7, 11) is 0. The normalized spacial score (nSPS) is 10.9. The molecule has 3 nitrogen and oxygen atoms in total. The minimum Gasteiger partial charge on any atom is -0.494 e. The highest BCUT2D eigenvalue weighted by Gasteiger charge is 2.19. The van der Waals surface area contributed by atoms with Crippen LogP contribution in [0.3, 0.4) is 0 Å². The molecule has 2 aromatic carbocycles. The Morgan fingerprint density at radius 2 is 1.85 bits per heavy atom. The van der Waals surface area contributed by atoms with Crippen LogP contribution in [-0.2, 0) is 0 Å². The van der Waals surface area contributed by atoms with Gasteiger partial charge in [-0.1, -0.05) is 35.9 Å². The van der Waals surface area contributed by atoms with Crippen LogP contribution in [0.2, 0.25) is 5.02 Å². The van der Waals surface area contributed by atoms with E-state index < -0.39 is 0 Å². The average molecular weight is 285 g/mol. The first-order valence-corrected chi connectivity index (χ1v) is 6.61. The van der Waals surface area contributed by atoms with E-state index in [0.29, 0.717) is 16.3 Å². The molecule has 100 valence electrons. The fraction of sp³-hybridized carbons (Fsp3) is 0.0625. The molecule has 0 aliphatic carbocycles. The number of hydrogen-bond acceptors (Lipinski definition) is 2. The van der Waals surface area contributed by atoms with E-state index in [4.69, 9.17) is 17.0 Å². The standard InChI is InChI=1S/C16H13ClN2O/c1-10(18)15-13-8-7-11(17)9-14(13)19(16(15)20)12-5-3-2-4-6-12/h2-9,18,20H,1H3. The van der Waals surface area contributed by atoms with Gasteiger partial charge in [0.1, 0.15) is 0 Å². The van der Waals surface area contributed by atoms with Crippen molar-refractivity contribution in [3.05, 3.63) is 59.1 Å². The molecule has 4 heteroatoms. The quantitative estimate of drug-likeness (QED) is 0.674. The molecule has 0 atom stereocenters. The van der Waals surface area contributed by atoms with Crippen molar-refractivity contribution in [3.63, 3.8) is 0 Å². The summed E-state index contributed by atoms with van der Waals surface area (Å²) >= 11 is 6.07. The number of nitrogens with zero attached hydrogens (tertiary/aromatic N) is 1. The summed E-state index contributed by atoms with van der Waals surface area (Å²) < 4.78 is 1.72. The fourth-order valence-electron chi connectivity index (χ4n) is 2.46. The molecule has 0 fully saturated rings. The third kappa shape index (κ3) is 1.87. The van der Waals surface area contributed by atoms with Crippen molar-refractivity contribution in [2.75, 3.05) is 0 Å². The molecule has 0 amide bonds. The Morgan fingerprint density at radius 3 is 2.50 bits per heavy atom. The van der Waals surface area contributed by atoms with E-state index in [0.717, 1.165) is 16.6 Å². The number of para-hydroxylation sites is 1. The third-order valence-electron chi connectivity index (χ3n) is 3.29. The van der Waals surface area contributed by atoms with Crippen molar-refractivity contribution in [3.8, 4) is 11.6 Å². The highest BCUT2D eigenvalue weighted by molar-refractivity contribution is 6.31. The molecule has 0 spiro atoms. The van der Waals surface area contributed by atoms with Gasteiger partial charge in [-0.2, -0.15) is 0 Å². The molecular weight excluding hydrogens is 272 g/mol. The Kier molecular flexibility index (Phi) is 2.99. The molecule has 20 heavy (non-hydrogen) atoms. The van der Waals surface area contributed by atoms with E-state index in [-0.39, 0.29) is 5.88 Å². The molecule has 0 saturated heterocycles. The summed E-state index contributed by atoms with van der Waals surface area (Å²) in [5.41, 5.74) is 2.50. The van der Waals surface area contributed by atoms with Crippen LogP contribution < -0.4 is 0 Å². The Morgan fingerprint density at radius 1 is 1.15 bits per heavy atom. The molecule has 3 rings (SSSR count). The van der Waals surface area contributed by atoms with Gasteiger partial charge in [0.05, 0.1) is 11.1 Å². The minimum absolute atomic E-state index is 0.0703. The van der Waals surface area contributed by atoms with Crippen molar-refractivity contribution in [2.24, 2.45) is 0 Å². The lowest BCUT2D eigenvalue weighted by molar-refractivity contribution is 0.444. The van der Waals surface area contributed by atoms with E-state index in [9.17, 15) is 5.11 Å². The van der Waals surface area contributed by atoms with Gasteiger partial charge < -0.3 is 10.5 Å². The lowest BCUT2D eigenvalue weighted by Crippen LogP contribution is -1.94. The van der Waals surface area contributed by atoms with Crippen LogP contribution in [0.15, 0.2) is 48.5 Å². The van der Waals surface area contributed by atoms with Gasteiger partial charge in [0.15, 0.2) is 0 Å². The minimum atomic E-state index is 0.0703. The molecule has 1 heterocycles. The molecule has 2 N–H and O–H groups in total. The van der Waals surface area contributed by atoms with Crippen LogP contribution in [0.4, 0.5) is 0 Å². The summed E-state index contributed by atoms with van der Waals surface area (Å²) in [5, 5.41) is 19.8. The molecule has 0 saturated carbocycles. The van der Waals surface area contributed by atoms with Crippen LogP contribution >= 0.6 is 11.6 Å². The predicted molar refractivity (Wildman–Crippen MR) is 82.5 cm³/mol. The molecule has 1 aromatic heterocycles. The second-order valence-corrected chi connectivity index (χ2v) is 5.09. The molecule has 3 aromatic rings. The molecule has 0 aliphatic heterocycles. The van der Waals surface area contributed by atoms with Crippen LogP contribution in [0, 0.1) is 5.41 Å². The van der Waals surface area contributed by atoms with Crippen LogP contribution in [0.25, 0.3) is 16.6 Å². The first kappa shape index (κ1) is 12.8. The maximum atomic E-state index is 10.5. The summed E-state index contributed by atoms with van der Waals surface area (Å²) in [6.45, 7) is 1.67. The van der Waals surface area contributed by atoms with Gasteiger partial charge in [0.2, 0.25) is 5.88 Å². The van der Waals surface area contributed by atoms with E-state index in [2.05, 4.69) is 0 Å². The van der Waals surface area contributed by atoms with Crippen molar-refractivity contribution in [1.29, 1.82) is 5.41 Å². The molecule has 0 aliphatic rings. The number of rotatable bonds is 2.